The molecule has 0 amide bonds. The van der Waals surface area contributed by atoms with Crippen LogP contribution in [0, 0.1) is 0 Å². The average molecular weight is 469 g/mol. The Morgan fingerprint density at radius 2 is 1.18 bits per heavy atom. The molecule has 1 aliphatic rings. The van der Waals surface area contributed by atoms with E-state index in [1.807, 2.05) is 0 Å². The van der Waals surface area contributed by atoms with Gasteiger partial charge < -0.3 is 27.5 Å². The van der Waals surface area contributed by atoms with Crippen LogP contribution in [-0.4, -0.2) is 75.7 Å². The summed E-state index contributed by atoms with van der Waals surface area (Å²) in [5, 5.41) is 11.5. The van der Waals surface area contributed by atoms with Crippen molar-refractivity contribution >= 4 is 33.3 Å². The van der Waals surface area contributed by atoms with E-state index in [2.05, 4.69) is 78.6 Å². The maximum absolute atomic E-state index is 11.5. The molecule has 0 aromatic heterocycles. The molecule has 0 saturated carbocycles. The lowest BCUT2D eigenvalue weighted by molar-refractivity contribution is -0.241. The van der Waals surface area contributed by atoms with Gasteiger partial charge in [-0.15, -0.1) is 0 Å². The molecule has 0 aromatic rings. The molecule has 1 N–H and O–H groups in total. The smallest absolute Gasteiger partial charge is 0.217 e. The van der Waals surface area contributed by atoms with Gasteiger partial charge in [-0.1, -0.05) is 0 Å². The van der Waals surface area contributed by atoms with E-state index in [9.17, 15) is 5.11 Å². The summed E-state index contributed by atoms with van der Waals surface area (Å²) in [4.78, 5) is 0. The van der Waals surface area contributed by atoms with Gasteiger partial charge in [-0.25, -0.2) is 0 Å². The van der Waals surface area contributed by atoms with Crippen LogP contribution in [0.5, 0.6) is 0 Å². The monoisotopic (exact) mass is 468 g/mol. The summed E-state index contributed by atoms with van der Waals surface area (Å²) in [6.45, 7) is 26.0. The Labute approximate surface area is 176 Å². The minimum atomic E-state index is -1.97. The van der Waals surface area contributed by atoms with Gasteiger partial charge in [0.1, 0.15) is 18.3 Å². The van der Waals surface area contributed by atoms with Gasteiger partial charge in [-0.05, 0) is 78.6 Å². The van der Waals surface area contributed by atoms with Crippen molar-refractivity contribution in [2.24, 2.45) is 0 Å². The molecule has 1 fully saturated rings. The fourth-order valence-electron chi connectivity index (χ4n) is 2.83. The van der Waals surface area contributed by atoms with E-state index in [-0.39, 0.29) is 18.8 Å². The van der Waals surface area contributed by atoms with E-state index in [0.29, 0.717) is 6.61 Å². The highest BCUT2D eigenvalue weighted by molar-refractivity contribution is 6.71. The molecule has 0 bridgehead atoms. The summed E-state index contributed by atoms with van der Waals surface area (Å²) >= 11 is 0. The van der Waals surface area contributed by atoms with Crippen molar-refractivity contribution in [2.75, 3.05) is 13.2 Å². The Kier molecular flexibility index (Phi) is 8.58. The van der Waals surface area contributed by atoms with Crippen molar-refractivity contribution in [3.05, 3.63) is 0 Å². The van der Waals surface area contributed by atoms with Crippen LogP contribution >= 0.6 is 0 Å². The highest BCUT2D eigenvalue weighted by Gasteiger charge is 2.58. The predicted molar refractivity (Wildman–Crippen MR) is 125 cm³/mol. The third-order valence-corrected chi connectivity index (χ3v) is 7.81. The van der Waals surface area contributed by atoms with Gasteiger partial charge in [0.15, 0.2) is 33.3 Å². The lowest BCUT2D eigenvalue weighted by Crippen LogP contribution is -2.55. The first-order chi connectivity index (χ1) is 12.2. The van der Waals surface area contributed by atoms with E-state index in [1.54, 1.807) is 0 Å². The molecule has 1 aliphatic heterocycles. The molecule has 1 saturated heterocycles. The molecule has 28 heavy (non-hydrogen) atoms. The zero-order valence-electron chi connectivity index (χ0n) is 20.1. The summed E-state index contributed by atoms with van der Waals surface area (Å²) in [5.41, 5.74) is 0. The lowest BCUT2D eigenvalue weighted by Gasteiger charge is -2.37. The zero-order chi connectivity index (χ0) is 22.2. The Balaban J connectivity index is 3.21. The zero-order valence-corrected chi connectivity index (χ0v) is 24.1. The molecule has 168 valence electrons. The summed E-state index contributed by atoms with van der Waals surface area (Å²) < 4.78 is 31.4. The van der Waals surface area contributed by atoms with E-state index >= 15 is 0 Å². The van der Waals surface area contributed by atoms with Gasteiger partial charge in [0.05, 0.1) is 13.2 Å². The standard InChI is InChI=1S/C18H44O6Si4/c1-25(2,3)20-13-15-16(23-27(7,8)9)17(24-28(10,11)12)18(19,22-15)14-21-26(4,5)6/h15-17,19H,13-14H2,1-12H3/t15-,16+,17+,18-/m1/s1. The van der Waals surface area contributed by atoms with Crippen LogP contribution in [0.2, 0.25) is 78.6 Å². The average Bonchev–Trinajstić information content (AvgIpc) is 2.64. The fourth-order valence-corrected chi connectivity index (χ4v) is 6.31. The Morgan fingerprint density at radius 1 is 0.714 bits per heavy atom. The van der Waals surface area contributed by atoms with E-state index < -0.39 is 45.2 Å². The number of ether oxygens (including phenoxy) is 1. The SMILES string of the molecule is C[Si](C)(C)OC[C@H]1O[C@](O)(CO[Si](C)(C)C)[C@@H](O[Si](C)(C)C)[C@H]1O[Si](C)(C)C. The van der Waals surface area contributed by atoms with E-state index in [0.717, 1.165) is 0 Å². The third kappa shape index (κ3) is 9.62. The molecular weight excluding hydrogens is 425 g/mol. The Bertz CT molecular complexity index is 506. The topological polar surface area (TPSA) is 66.4 Å². The fraction of sp³-hybridized carbons (Fsp3) is 1.00. The number of hydrogen-bond acceptors (Lipinski definition) is 6. The van der Waals surface area contributed by atoms with Gasteiger partial charge in [-0.2, -0.15) is 0 Å². The number of hydrogen-bond donors (Lipinski definition) is 1. The summed E-state index contributed by atoms with van der Waals surface area (Å²) in [6.07, 6.45) is -1.34. The molecule has 0 radical (unpaired) electrons. The van der Waals surface area contributed by atoms with Gasteiger partial charge in [-0.3, -0.25) is 0 Å². The number of rotatable bonds is 10. The molecule has 0 unspecified atom stereocenters. The summed E-state index contributed by atoms with van der Waals surface area (Å²) in [5.74, 6) is -1.53. The first kappa shape index (κ1) is 26.7. The molecule has 4 atom stereocenters. The molecule has 6 nitrogen and oxygen atoms in total. The van der Waals surface area contributed by atoms with Gasteiger partial charge >= 0.3 is 0 Å². The van der Waals surface area contributed by atoms with Crippen LogP contribution in [-0.2, 0) is 22.4 Å². The Hall–Kier alpha value is 0.628. The van der Waals surface area contributed by atoms with Crippen molar-refractivity contribution in [2.45, 2.75) is 103 Å². The van der Waals surface area contributed by atoms with Crippen molar-refractivity contribution < 1.29 is 27.5 Å². The lowest BCUT2D eigenvalue weighted by atomic mass is 10.1. The van der Waals surface area contributed by atoms with Gasteiger partial charge in [0, 0.05) is 0 Å². The minimum absolute atomic E-state index is 0.0902. The van der Waals surface area contributed by atoms with Crippen LogP contribution in [0.25, 0.3) is 0 Å². The van der Waals surface area contributed by atoms with Crippen LogP contribution in [0.15, 0.2) is 0 Å². The second-order valence-corrected chi connectivity index (χ2v) is 29.6. The van der Waals surface area contributed by atoms with Crippen molar-refractivity contribution in [1.29, 1.82) is 0 Å². The van der Waals surface area contributed by atoms with Crippen molar-refractivity contribution in [3.8, 4) is 0 Å². The molecule has 0 aliphatic carbocycles. The first-order valence-electron chi connectivity index (χ1n) is 10.2. The second-order valence-electron chi connectivity index (χ2n) is 11.7. The first-order valence-corrected chi connectivity index (χ1v) is 23.9. The van der Waals surface area contributed by atoms with E-state index in [4.69, 9.17) is 22.4 Å². The molecule has 0 spiro atoms. The van der Waals surface area contributed by atoms with Crippen LogP contribution in [0.4, 0.5) is 0 Å². The highest BCUT2D eigenvalue weighted by atomic mass is 28.4. The number of aliphatic hydroxyl groups is 1. The summed E-state index contributed by atoms with van der Waals surface area (Å²) in [7, 11) is -7.46. The molecular formula is C18H44O6Si4. The third-order valence-electron chi connectivity index (χ3n) is 3.83. The van der Waals surface area contributed by atoms with Crippen LogP contribution in [0.1, 0.15) is 0 Å². The van der Waals surface area contributed by atoms with E-state index in [1.165, 1.54) is 0 Å². The minimum Gasteiger partial charge on any atom is -0.415 e. The van der Waals surface area contributed by atoms with Crippen molar-refractivity contribution in [3.63, 3.8) is 0 Å². The maximum Gasteiger partial charge on any atom is 0.217 e. The molecule has 1 rings (SSSR count). The largest absolute Gasteiger partial charge is 0.415 e. The Morgan fingerprint density at radius 3 is 1.57 bits per heavy atom. The van der Waals surface area contributed by atoms with Crippen molar-refractivity contribution in [1.82, 2.24) is 0 Å². The highest BCUT2D eigenvalue weighted by Crippen LogP contribution is 2.38. The van der Waals surface area contributed by atoms with Crippen LogP contribution in [0.3, 0.4) is 0 Å². The van der Waals surface area contributed by atoms with Crippen LogP contribution < -0.4 is 0 Å². The predicted octanol–water partition coefficient (Wildman–Crippen LogP) is 4.22. The summed E-state index contributed by atoms with van der Waals surface area (Å²) in [6, 6.07) is 0. The van der Waals surface area contributed by atoms with Gasteiger partial charge in [0.2, 0.25) is 5.79 Å². The normalized spacial score (nSPS) is 30.1. The molecule has 1 heterocycles. The second kappa shape index (κ2) is 9.01. The quantitative estimate of drug-likeness (QED) is 0.484. The molecule has 0 aromatic carbocycles. The molecule has 10 heteroatoms. The maximum atomic E-state index is 11.5. The van der Waals surface area contributed by atoms with Gasteiger partial charge in [0.25, 0.3) is 0 Å².